The van der Waals surface area contributed by atoms with Crippen molar-refractivity contribution in [1.29, 1.82) is 0 Å². The van der Waals surface area contributed by atoms with E-state index in [0.29, 0.717) is 17.5 Å². The van der Waals surface area contributed by atoms with Gasteiger partial charge >= 0.3 is 0 Å². The fraction of sp³-hybridized carbons (Fsp3) is 0. The van der Waals surface area contributed by atoms with Crippen molar-refractivity contribution in [3.05, 3.63) is 170 Å². The molecule has 0 N–H and O–H groups in total. The Morgan fingerprint density at radius 2 is 0.909 bits per heavy atom. The molecule has 0 saturated carbocycles. The van der Waals surface area contributed by atoms with Crippen LogP contribution in [-0.4, -0.2) is 29.5 Å². The minimum Gasteiger partial charge on any atom is -0.309 e. The van der Waals surface area contributed by atoms with Crippen molar-refractivity contribution in [2.24, 2.45) is 0 Å². The van der Waals surface area contributed by atoms with E-state index in [9.17, 15) is 0 Å². The number of benzene rings is 7. The van der Waals surface area contributed by atoms with Crippen LogP contribution in [0.15, 0.2) is 170 Å². The van der Waals surface area contributed by atoms with Gasteiger partial charge in [-0.1, -0.05) is 103 Å². The molecule has 6 nitrogen and oxygen atoms in total. The summed E-state index contributed by atoms with van der Waals surface area (Å²) in [5.74, 6) is 1.91. The van der Waals surface area contributed by atoms with Crippen molar-refractivity contribution in [3.63, 3.8) is 0 Å². The number of fused-ring (bicyclic) bond motifs is 5. The molecule has 0 atom stereocenters. The van der Waals surface area contributed by atoms with Gasteiger partial charge in [-0.15, -0.1) is 22.7 Å². The first-order chi connectivity index (χ1) is 27.2. The van der Waals surface area contributed by atoms with E-state index in [1.165, 1.54) is 15.5 Å². The normalized spacial score (nSPS) is 11.6. The third-order valence-electron chi connectivity index (χ3n) is 9.91. The van der Waals surface area contributed by atoms with Gasteiger partial charge in [0.25, 0.3) is 0 Å². The lowest BCUT2D eigenvalue weighted by atomic mass is 10.1. The first kappa shape index (κ1) is 31.6. The summed E-state index contributed by atoms with van der Waals surface area (Å²) in [6, 6.07) is 58.8. The van der Waals surface area contributed by atoms with Gasteiger partial charge in [0.15, 0.2) is 17.5 Å². The smallest absolute Gasteiger partial charge is 0.164 e. The topological polar surface area (TPSA) is 69.4 Å². The van der Waals surface area contributed by atoms with Crippen molar-refractivity contribution in [2.75, 3.05) is 0 Å². The summed E-state index contributed by atoms with van der Waals surface area (Å²) in [5.41, 5.74) is 10.4. The molecule has 7 aromatic carbocycles. The number of hydrogen-bond acceptors (Lipinski definition) is 7. The van der Waals surface area contributed by atoms with Gasteiger partial charge in [-0.25, -0.2) is 24.9 Å². The van der Waals surface area contributed by atoms with Crippen LogP contribution in [-0.2, 0) is 0 Å². The second-order valence-corrected chi connectivity index (χ2v) is 15.4. The van der Waals surface area contributed by atoms with Crippen LogP contribution < -0.4 is 0 Å². The van der Waals surface area contributed by atoms with E-state index < -0.39 is 0 Å². The summed E-state index contributed by atoms with van der Waals surface area (Å²) >= 11 is 3.41. The zero-order chi connectivity index (χ0) is 36.3. The molecule has 0 bridgehead atoms. The molecule has 0 saturated heterocycles. The van der Waals surface area contributed by atoms with Crippen LogP contribution in [0.4, 0.5) is 0 Å². The summed E-state index contributed by atoms with van der Waals surface area (Å²) in [4.78, 5) is 24.8. The Hall–Kier alpha value is -6.87. The summed E-state index contributed by atoms with van der Waals surface area (Å²) in [7, 11) is 0. The maximum absolute atomic E-state index is 5.11. The Balaban J connectivity index is 0.985. The molecule has 0 aliphatic carbocycles. The number of para-hydroxylation sites is 2. The zero-order valence-electron chi connectivity index (χ0n) is 29.2. The molecule has 0 fully saturated rings. The average molecular weight is 741 g/mol. The van der Waals surface area contributed by atoms with E-state index in [-0.39, 0.29) is 0 Å². The molecule has 0 amide bonds. The van der Waals surface area contributed by atoms with Crippen LogP contribution in [0.25, 0.3) is 103 Å². The van der Waals surface area contributed by atoms with Crippen molar-refractivity contribution < 1.29 is 0 Å². The summed E-state index contributed by atoms with van der Waals surface area (Å²) in [6.45, 7) is 0. The monoisotopic (exact) mass is 740 g/mol. The highest BCUT2D eigenvalue weighted by Gasteiger charge is 2.17. The fourth-order valence-electron chi connectivity index (χ4n) is 7.28. The van der Waals surface area contributed by atoms with E-state index in [0.717, 1.165) is 70.3 Å². The molecule has 0 radical (unpaired) electrons. The van der Waals surface area contributed by atoms with Gasteiger partial charge in [0.2, 0.25) is 0 Å². The zero-order valence-corrected chi connectivity index (χ0v) is 30.8. The van der Waals surface area contributed by atoms with E-state index in [1.807, 2.05) is 66.7 Å². The van der Waals surface area contributed by atoms with Crippen molar-refractivity contribution in [3.8, 4) is 61.0 Å². The first-order valence-corrected chi connectivity index (χ1v) is 19.6. The van der Waals surface area contributed by atoms with Gasteiger partial charge < -0.3 is 4.57 Å². The van der Waals surface area contributed by atoms with E-state index >= 15 is 0 Å². The Morgan fingerprint density at radius 1 is 0.345 bits per heavy atom. The highest BCUT2D eigenvalue weighted by atomic mass is 32.1. The predicted molar refractivity (Wildman–Crippen MR) is 228 cm³/mol. The van der Waals surface area contributed by atoms with Crippen molar-refractivity contribution >= 4 is 64.9 Å². The lowest BCUT2D eigenvalue weighted by molar-refractivity contribution is 1.07. The van der Waals surface area contributed by atoms with Crippen LogP contribution >= 0.6 is 22.7 Å². The highest BCUT2D eigenvalue weighted by molar-refractivity contribution is 7.22. The maximum Gasteiger partial charge on any atom is 0.164 e. The van der Waals surface area contributed by atoms with Gasteiger partial charge in [0, 0.05) is 44.3 Å². The first-order valence-electron chi connectivity index (χ1n) is 18.0. The second-order valence-electron chi connectivity index (χ2n) is 13.4. The number of aromatic nitrogens is 6. The number of hydrogen-bond donors (Lipinski definition) is 0. The summed E-state index contributed by atoms with van der Waals surface area (Å²) < 4.78 is 4.63. The Labute approximate surface area is 323 Å². The molecule has 8 heteroatoms. The molecule has 55 heavy (non-hydrogen) atoms. The Kier molecular flexibility index (Phi) is 7.43. The second kappa shape index (κ2) is 12.9. The Bertz CT molecular complexity index is 3130. The lowest BCUT2D eigenvalue weighted by Gasteiger charge is -2.09. The number of nitrogens with zero attached hydrogens (tertiary/aromatic N) is 6. The molecular formula is C47H28N6S2. The van der Waals surface area contributed by atoms with Gasteiger partial charge in [-0.05, 0) is 66.7 Å². The van der Waals surface area contributed by atoms with Crippen LogP contribution in [0.2, 0.25) is 0 Å². The van der Waals surface area contributed by atoms with E-state index in [4.69, 9.17) is 24.9 Å². The van der Waals surface area contributed by atoms with Gasteiger partial charge in [-0.3, -0.25) is 0 Å². The minimum absolute atomic E-state index is 0.629. The lowest BCUT2D eigenvalue weighted by Crippen LogP contribution is -1.99. The van der Waals surface area contributed by atoms with E-state index in [2.05, 4.69) is 108 Å². The quantitative estimate of drug-likeness (QED) is 0.170. The Morgan fingerprint density at radius 3 is 1.65 bits per heavy atom. The van der Waals surface area contributed by atoms with Crippen LogP contribution in [0, 0.1) is 0 Å². The molecule has 11 aromatic rings. The molecule has 258 valence electrons. The van der Waals surface area contributed by atoms with Gasteiger partial charge in [-0.2, -0.15) is 0 Å². The van der Waals surface area contributed by atoms with Gasteiger partial charge in [0.1, 0.15) is 10.0 Å². The van der Waals surface area contributed by atoms with Gasteiger partial charge in [0.05, 0.1) is 31.5 Å². The van der Waals surface area contributed by atoms with Crippen molar-refractivity contribution in [1.82, 2.24) is 29.5 Å². The molecule has 4 heterocycles. The third-order valence-corrected chi connectivity index (χ3v) is 12.1. The van der Waals surface area contributed by atoms with Crippen molar-refractivity contribution in [2.45, 2.75) is 0 Å². The molecule has 4 aromatic heterocycles. The number of thiazole rings is 2. The average Bonchev–Trinajstić information content (AvgIpc) is 3.98. The molecular weight excluding hydrogens is 713 g/mol. The SMILES string of the molecule is c1ccc(-c2nc(-c3ccccc3)nc(-c3ccc4nc(-c5cccc(-n6c7ccccc7c7cc(-c8nc9ccccc9s8)ccc76)c5)sc4c3)n2)cc1. The standard InChI is InChI=1S/C47H28N6S2/c1-3-12-29(13-4-1)43-50-44(30-14-5-2-6-15-30)52-45(51-43)31-22-24-38-42(28-31)55-46(49-38)32-16-11-17-34(26-32)53-39-20-9-7-18-35(39)36-27-33(23-25-40(36)53)47-48-37-19-8-10-21-41(37)54-47/h1-28H. The minimum atomic E-state index is 0.629. The van der Waals surface area contributed by atoms with Crippen LogP contribution in [0.1, 0.15) is 0 Å². The molecule has 11 rings (SSSR count). The molecule has 0 aliphatic heterocycles. The summed E-state index contributed by atoms with van der Waals surface area (Å²) in [6.07, 6.45) is 0. The largest absolute Gasteiger partial charge is 0.309 e. The maximum atomic E-state index is 5.11. The van der Waals surface area contributed by atoms with E-state index in [1.54, 1.807) is 22.7 Å². The van der Waals surface area contributed by atoms with Crippen LogP contribution in [0.3, 0.4) is 0 Å². The molecule has 0 aliphatic rings. The number of rotatable bonds is 6. The molecule has 0 unspecified atom stereocenters. The predicted octanol–water partition coefficient (Wildman–Crippen LogP) is 12.5. The highest BCUT2D eigenvalue weighted by Crippen LogP contribution is 2.39. The van der Waals surface area contributed by atoms with Crippen LogP contribution in [0.5, 0.6) is 0 Å². The third kappa shape index (κ3) is 5.58. The summed E-state index contributed by atoms with van der Waals surface area (Å²) in [5, 5.41) is 4.40. The fourth-order valence-corrected chi connectivity index (χ4v) is 9.25. The molecule has 0 spiro atoms.